The molecule has 2 nitrogen and oxygen atoms in total. The molecule has 0 aliphatic heterocycles. The molecule has 2 N–H and O–H groups in total. The molecule has 2 aromatic carbocycles. The largest absolute Gasteiger partial charge is 0.366 e. The van der Waals surface area contributed by atoms with Crippen molar-refractivity contribution in [1.82, 2.24) is 0 Å². The summed E-state index contributed by atoms with van der Waals surface area (Å²) in [6, 6.07) is 16.7. The van der Waals surface area contributed by atoms with Crippen molar-refractivity contribution in [2.24, 2.45) is 17.6 Å². The van der Waals surface area contributed by atoms with Crippen LogP contribution < -0.4 is 5.73 Å². The molecule has 0 bridgehead atoms. The van der Waals surface area contributed by atoms with Gasteiger partial charge in [-0.25, -0.2) is 0 Å². The van der Waals surface area contributed by atoms with E-state index in [1.165, 1.54) is 36.0 Å². The van der Waals surface area contributed by atoms with Crippen molar-refractivity contribution >= 4 is 12.0 Å². The Morgan fingerprint density at radius 1 is 0.852 bits per heavy atom. The van der Waals surface area contributed by atoms with Crippen LogP contribution in [0.25, 0.3) is 6.08 Å². The van der Waals surface area contributed by atoms with Crippen molar-refractivity contribution in [2.45, 2.75) is 38.0 Å². The highest BCUT2D eigenvalue weighted by atomic mass is 16.1. The number of nitrogens with two attached hydrogens (primary N) is 1. The van der Waals surface area contributed by atoms with E-state index in [0.29, 0.717) is 23.3 Å². The zero-order valence-electron chi connectivity index (χ0n) is 15.5. The van der Waals surface area contributed by atoms with Crippen molar-refractivity contribution in [2.75, 3.05) is 0 Å². The molecule has 0 aromatic heterocycles. The van der Waals surface area contributed by atoms with Crippen molar-refractivity contribution in [3.8, 4) is 0 Å². The highest BCUT2D eigenvalue weighted by Crippen LogP contribution is 2.48. The molecule has 27 heavy (non-hydrogen) atoms. The van der Waals surface area contributed by atoms with Gasteiger partial charge in [-0.3, -0.25) is 4.79 Å². The molecular formula is C25H25NO. The van der Waals surface area contributed by atoms with Crippen LogP contribution in [-0.4, -0.2) is 5.91 Å². The Morgan fingerprint density at radius 2 is 1.63 bits per heavy atom. The lowest BCUT2D eigenvalue weighted by atomic mass is 9.65. The average molecular weight is 355 g/mol. The summed E-state index contributed by atoms with van der Waals surface area (Å²) in [6.45, 7) is 0. The van der Waals surface area contributed by atoms with Crippen LogP contribution in [0.5, 0.6) is 0 Å². The highest BCUT2D eigenvalue weighted by Gasteiger charge is 2.34. The van der Waals surface area contributed by atoms with Crippen molar-refractivity contribution in [3.63, 3.8) is 0 Å². The molecule has 0 saturated heterocycles. The minimum absolute atomic E-state index is 0.308. The Balaban J connectivity index is 1.47. The fourth-order valence-electron chi connectivity index (χ4n) is 5.41. The van der Waals surface area contributed by atoms with Gasteiger partial charge in [0.25, 0.3) is 0 Å². The average Bonchev–Trinajstić information content (AvgIpc) is 2.70. The maximum absolute atomic E-state index is 11.9. The third-order valence-corrected chi connectivity index (χ3v) is 6.77. The van der Waals surface area contributed by atoms with Gasteiger partial charge in [0.2, 0.25) is 5.91 Å². The molecule has 5 rings (SSSR count). The summed E-state index contributed by atoms with van der Waals surface area (Å²) < 4.78 is 0. The first-order valence-corrected chi connectivity index (χ1v) is 10.1. The fraction of sp³-hybridized carbons (Fsp3) is 0.320. The molecule has 136 valence electrons. The Bertz CT molecular complexity index is 968. The van der Waals surface area contributed by atoms with Gasteiger partial charge in [0.05, 0.1) is 0 Å². The molecule has 0 radical (unpaired) electrons. The van der Waals surface area contributed by atoms with Gasteiger partial charge in [-0.15, -0.1) is 0 Å². The van der Waals surface area contributed by atoms with Crippen LogP contribution in [-0.2, 0) is 6.42 Å². The lowest BCUT2D eigenvalue weighted by Gasteiger charge is -2.39. The van der Waals surface area contributed by atoms with Gasteiger partial charge >= 0.3 is 0 Å². The molecule has 2 aromatic rings. The number of allylic oxidation sites excluding steroid dienone is 3. The Kier molecular flexibility index (Phi) is 4.00. The number of hydrogen-bond acceptors (Lipinski definition) is 1. The van der Waals surface area contributed by atoms with Crippen LogP contribution in [0.4, 0.5) is 0 Å². The summed E-state index contributed by atoms with van der Waals surface area (Å²) in [5, 5.41) is 0. The lowest BCUT2D eigenvalue weighted by Crippen LogP contribution is -2.27. The normalized spacial score (nSPS) is 26.1. The zero-order valence-corrected chi connectivity index (χ0v) is 15.5. The van der Waals surface area contributed by atoms with Gasteiger partial charge in [0, 0.05) is 5.56 Å². The minimum atomic E-state index is -0.308. The first-order valence-electron chi connectivity index (χ1n) is 10.1. The molecule has 1 saturated carbocycles. The number of benzene rings is 2. The number of hydrogen-bond donors (Lipinski definition) is 1. The second-order valence-electron chi connectivity index (χ2n) is 8.33. The predicted octanol–water partition coefficient (Wildman–Crippen LogP) is 5.26. The van der Waals surface area contributed by atoms with E-state index < -0.39 is 0 Å². The maximum Gasteiger partial charge on any atom is 0.248 e. The maximum atomic E-state index is 11.9. The Morgan fingerprint density at radius 3 is 2.52 bits per heavy atom. The minimum Gasteiger partial charge on any atom is -0.366 e. The van der Waals surface area contributed by atoms with Gasteiger partial charge in [0.15, 0.2) is 0 Å². The molecule has 3 atom stereocenters. The number of primary amides is 1. The molecule has 3 unspecified atom stereocenters. The van der Waals surface area contributed by atoms with Crippen LogP contribution in [0.15, 0.2) is 65.8 Å². The Hall–Kier alpha value is -2.61. The van der Waals surface area contributed by atoms with Crippen LogP contribution in [0.2, 0.25) is 0 Å². The van der Waals surface area contributed by atoms with E-state index in [9.17, 15) is 4.79 Å². The fourth-order valence-corrected chi connectivity index (χ4v) is 5.41. The van der Waals surface area contributed by atoms with E-state index in [1.807, 2.05) is 18.2 Å². The smallest absolute Gasteiger partial charge is 0.248 e. The molecule has 3 aliphatic carbocycles. The van der Waals surface area contributed by atoms with Gasteiger partial charge in [-0.1, -0.05) is 60.2 Å². The summed E-state index contributed by atoms with van der Waals surface area (Å²) in [5.41, 5.74) is 13.4. The van der Waals surface area contributed by atoms with Crippen LogP contribution >= 0.6 is 0 Å². The molecule has 1 amide bonds. The van der Waals surface area contributed by atoms with Gasteiger partial charge in [-0.2, -0.15) is 0 Å². The second-order valence-corrected chi connectivity index (χ2v) is 8.33. The van der Waals surface area contributed by atoms with Crippen molar-refractivity contribution in [3.05, 3.63) is 88.0 Å². The van der Waals surface area contributed by atoms with Crippen LogP contribution in [0.1, 0.15) is 58.6 Å². The number of amides is 1. The topological polar surface area (TPSA) is 43.1 Å². The lowest BCUT2D eigenvalue weighted by molar-refractivity contribution is 0.0998. The number of fused-ring (bicyclic) bond motifs is 3. The summed E-state index contributed by atoms with van der Waals surface area (Å²) in [6.07, 6.45) is 10.7. The summed E-state index contributed by atoms with van der Waals surface area (Å²) >= 11 is 0. The van der Waals surface area contributed by atoms with E-state index in [0.717, 1.165) is 18.4 Å². The number of carbonyl (C=O) groups excluding carboxylic acids is 1. The third-order valence-electron chi connectivity index (χ3n) is 6.77. The van der Waals surface area contributed by atoms with Crippen molar-refractivity contribution in [1.29, 1.82) is 0 Å². The molecule has 1 fully saturated rings. The van der Waals surface area contributed by atoms with Gasteiger partial charge in [0.1, 0.15) is 0 Å². The van der Waals surface area contributed by atoms with Crippen LogP contribution in [0, 0.1) is 11.8 Å². The Labute approximate surface area is 160 Å². The first-order chi connectivity index (χ1) is 13.2. The van der Waals surface area contributed by atoms with E-state index in [-0.39, 0.29) is 5.91 Å². The number of carbonyl (C=O) groups is 1. The summed E-state index contributed by atoms with van der Waals surface area (Å²) in [7, 11) is 0. The quantitative estimate of drug-likeness (QED) is 0.785. The zero-order chi connectivity index (χ0) is 18.4. The van der Waals surface area contributed by atoms with E-state index >= 15 is 0 Å². The van der Waals surface area contributed by atoms with Crippen molar-refractivity contribution < 1.29 is 4.79 Å². The first kappa shape index (κ1) is 16.6. The van der Waals surface area contributed by atoms with E-state index in [4.69, 9.17) is 5.73 Å². The SMILES string of the molecule is NC(=O)c1ccccc1C1CCC2CC3Cc4ccccc4C=C3C=C2C1. The number of rotatable bonds is 2. The molecule has 0 spiro atoms. The molecule has 0 heterocycles. The summed E-state index contributed by atoms with van der Waals surface area (Å²) in [5.74, 6) is 1.47. The van der Waals surface area contributed by atoms with E-state index in [1.54, 1.807) is 5.57 Å². The third kappa shape index (κ3) is 2.93. The molecular weight excluding hydrogens is 330 g/mol. The standard InChI is InChI=1S/C25H25NO/c26-25(27)24-8-4-3-7-23(24)19-10-9-18-13-21-11-16-5-1-2-6-17(16)12-22(21)15-20(18)14-19/h1-8,12,15,18-19,21H,9-11,13-14H2,(H2,26,27). The highest BCUT2D eigenvalue weighted by molar-refractivity contribution is 5.94. The molecule has 3 aliphatic rings. The van der Waals surface area contributed by atoms with Crippen LogP contribution in [0.3, 0.4) is 0 Å². The van der Waals surface area contributed by atoms with Gasteiger partial charge < -0.3 is 5.73 Å². The summed E-state index contributed by atoms with van der Waals surface area (Å²) in [4.78, 5) is 11.9. The predicted molar refractivity (Wildman–Crippen MR) is 109 cm³/mol. The monoisotopic (exact) mass is 355 g/mol. The second kappa shape index (κ2) is 6.53. The van der Waals surface area contributed by atoms with Gasteiger partial charge in [-0.05, 0) is 78.2 Å². The van der Waals surface area contributed by atoms with E-state index in [2.05, 4.69) is 42.5 Å². The molecule has 2 heteroatoms.